The minimum absolute atomic E-state index is 0.0804. The molecule has 3 heteroatoms. The first-order valence-corrected chi connectivity index (χ1v) is 5.68. The van der Waals surface area contributed by atoms with Crippen molar-refractivity contribution < 1.29 is 10.2 Å². The van der Waals surface area contributed by atoms with E-state index in [0.29, 0.717) is 0 Å². The summed E-state index contributed by atoms with van der Waals surface area (Å²) in [7, 11) is 0. The van der Waals surface area contributed by atoms with Crippen molar-refractivity contribution in [3.05, 3.63) is 35.4 Å². The monoisotopic (exact) mass is 223 g/mol. The van der Waals surface area contributed by atoms with Gasteiger partial charge in [0.15, 0.2) is 0 Å². The minimum atomic E-state index is -0.213. The third-order valence-electron chi connectivity index (χ3n) is 3.05. The lowest BCUT2D eigenvalue weighted by Gasteiger charge is -2.27. The molecule has 1 aromatic rings. The standard InChI is InChI=1S/C13H21NO2/c1-3-13(2,10-16)14-8-11-4-6-12(9-15)7-5-11/h4-7,14-16H,3,8-10H2,1-2H3. The summed E-state index contributed by atoms with van der Waals surface area (Å²) in [4.78, 5) is 0. The fraction of sp³-hybridized carbons (Fsp3) is 0.538. The molecule has 0 aliphatic rings. The van der Waals surface area contributed by atoms with Crippen molar-refractivity contribution in [2.24, 2.45) is 0 Å². The van der Waals surface area contributed by atoms with Gasteiger partial charge in [-0.05, 0) is 24.5 Å². The van der Waals surface area contributed by atoms with Gasteiger partial charge < -0.3 is 15.5 Å². The van der Waals surface area contributed by atoms with Crippen LogP contribution in [0.25, 0.3) is 0 Å². The summed E-state index contributed by atoms with van der Waals surface area (Å²) in [6.07, 6.45) is 0.887. The fourth-order valence-corrected chi connectivity index (χ4v) is 1.37. The Morgan fingerprint density at radius 3 is 2.12 bits per heavy atom. The highest BCUT2D eigenvalue weighted by Crippen LogP contribution is 2.10. The van der Waals surface area contributed by atoms with Crippen LogP contribution in [0, 0.1) is 0 Å². The molecule has 0 saturated carbocycles. The lowest BCUT2D eigenvalue weighted by molar-refractivity contribution is 0.169. The van der Waals surface area contributed by atoms with Gasteiger partial charge in [0.2, 0.25) is 0 Å². The van der Waals surface area contributed by atoms with Crippen molar-refractivity contribution in [2.45, 2.75) is 39.0 Å². The van der Waals surface area contributed by atoms with E-state index in [4.69, 9.17) is 5.11 Å². The third kappa shape index (κ3) is 3.59. The third-order valence-corrected chi connectivity index (χ3v) is 3.05. The normalized spacial score (nSPS) is 14.8. The number of hydrogen-bond acceptors (Lipinski definition) is 3. The van der Waals surface area contributed by atoms with Crippen LogP contribution in [0.2, 0.25) is 0 Å². The van der Waals surface area contributed by atoms with Gasteiger partial charge in [-0.25, -0.2) is 0 Å². The van der Waals surface area contributed by atoms with Gasteiger partial charge in [0.25, 0.3) is 0 Å². The second-order valence-electron chi connectivity index (χ2n) is 4.40. The van der Waals surface area contributed by atoms with Crippen molar-refractivity contribution in [1.82, 2.24) is 5.32 Å². The van der Waals surface area contributed by atoms with Gasteiger partial charge in [-0.2, -0.15) is 0 Å². The van der Waals surface area contributed by atoms with Crippen LogP contribution in [0.15, 0.2) is 24.3 Å². The number of nitrogens with one attached hydrogen (secondary N) is 1. The zero-order chi connectivity index (χ0) is 12.0. The van der Waals surface area contributed by atoms with E-state index in [1.807, 2.05) is 31.2 Å². The zero-order valence-corrected chi connectivity index (χ0v) is 10.0. The van der Waals surface area contributed by atoms with Crippen molar-refractivity contribution in [1.29, 1.82) is 0 Å². The largest absolute Gasteiger partial charge is 0.394 e. The fourth-order valence-electron chi connectivity index (χ4n) is 1.37. The molecular weight excluding hydrogens is 202 g/mol. The lowest BCUT2D eigenvalue weighted by Crippen LogP contribution is -2.44. The highest BCUT2D eigenvalue weighted by molar-refractivity contribution is 5.22. The molecule has 1 unspecified atom stereocenters. The Hall–Kier alpha value is -0.900. The summed E-state index contributed by atoms with van der Waals surface area (Å²) in [5.41, 5.74) is 1.87. The molecule has 0 aromatic heterocycles. The predicted molar refractivity (Wildman–Crippen MR) is 65.0 cm³/mol. The van der Waals surface area contributed by atoms with Crippen LogP contribution in [-0.4, -0.2) is 22.4 Å². The van der Waals surface area contributed by atoms with E-state index in [1.54, 1.807) is 0 Å². The topological polar surface area (TPSA) is 52.5 Å². The first-order chi connectivity index (χ1) is 7.63. The van der Waals surface area contributed by atoms with E-state index in [-0.39, 0.29) is 18.8 Å². The lowest BCUT2D eigenvalue weighted by atomic mass is 10.00. The molecule has 0 radical (unpaired) electrons. The van der Waals surface area contributed by atoms with Crippen LogP contribution in [0.4, 0.5) is 0 Å². The molecule has 1 atom stereocenters. The van der Waals surface area contributed by atoms with Crippen LogP contribution in [-0.2, 0) is 13.2 Å². The van der Waals surface area contributed by atoms with Gasteiger partial charge in [-0.3, -0.25) is 0 Å². The number of hydrogen-bond donors (Lipinski definition) is 3. The molecule has 3 nitrogen and oxygen atoms in total. The quantitative estimate of drug-likeness (QED) is 0.684. The van der Waals surface area contributed by atoms with Gasteiger partial charge in [0, 0.05) is 12.1 Å². The molecule has 0 fully saturated rings. The molecule has 90 valence electrons. The number of aliphatic hydroxyl groups is 2. The maximum Gasteiger partial charge on any atom is 0.0681 e. The van der Waals surface area contributed by atoms with Crippen LogP contribution in [0.3, 0.4) is 0 Å². The number of benzene rings is 1. The number of aliphatic hydroxyl groups excluding tert-OH is 2. The minimum Gasteiger partial charge on any atom is -0.394 e. The first kappa shape index (κ1) is 13.2. The highest BCUT2D eigenvalue weighted by Gasteiger charge is 2.19. The Balaban J connectivity index is 2.54. The molecule has 1 aromatic carbocycles. The van der Waals surface area contributed by atoms with Gasteiger partial charge in [-0.1, -0.05) is 31.2 Å². The summed E-state index contributed by atoms with van der Waals surface area (Å²) in [6, 6.07) is 7.82. The number of rotatable bonds is 6. The van der Waals surface area contributed by atoms with E-state index in [0.717, 1.165) is 24.1 Å². The zero-order valence-electron chi connectivity index (χ0n) is 10.0. The Bertz CT molecular complexity index is 304. The molecule has 0 spiro atoms. The molecule has 0 amide bonds. The van der Waals surface area contributed by atoms with Crippen LogP contribution in [0.5, 0.6) is 0 Å². The SMILES string of the molecule is CCC(C)(CO)NCc1ccc(CO)cc1. The Morgan fingerprint density at radius 1 is 1.12 bits per heavy atom. The molecule has 0 saturated heterocycles. The summed E-state index contributed by atoms with van der Waals surface area (Å²) in [6.45, 7) is 5.01. The Kier molecular flexibility index (Phi) is 4.93. The summed E-state index contributed by atoms with van der Waals surface area (Å²) < 4.78 is 0. The van der Waals surface area contributed by atoms with E-state index in [9.17, 15) is 5.11 Å². The van der Waals surface area contributed by atoms with Gasteiger partial charge in [-0.15, -0.1) is 0 Å². The van der Waals surface area contributed by atoms with Crippen molar-refractivity contribution in [3.63, 3.8) is 0 Å². The summed E-state index contributed by atoms with van der Waals surface area (Å²) >= 11 is 0. The second-order valence-corrected chi connectivity index (χ2v) is 4.40. The smallest absolute Gasteiger partial charge is 0.0681 e. The molecular formula is C13H21NO2. The molecule has 16 heavy (non-hydrogen) atoms. The van der Waals surface area contributed by atoms with Crippen LogP contribution >= 0.6 is 0 Å². The summed E-state index contributed by atoms with van der Waals surface area (Å²) in [5, 5.41) is 21.5. The van der Waals surface area contributed by atoms with Crippen molar-refractivity contribution in [2.75, 3.05) is 6.61 Å². The second kappa shape index (κ2) is 5.99. The predicted octanol–water partition coefficient (Wildman–Crippen LogP) is 1.43. The van der Waals surface area contributed by atoms with Gasteiger partial charge in [0.05, 0.1) is 13.2 Å². The first-order valence-electron chi connectivity index (χ1n) is 5.68. The van der Waals surface area contributed by atoms with E-state index >= 15 is 0 Å². The average Bonchev–Trinajstić information content (AvgIpc) is 2.36. The maximum atomic E-state index is 9.25. The van der Waals surface area contributed by atoms with E-state index in [2.05, 4.69) is 12.2 Å². The maximum absolute atomic E-state index is 9.25. The van der Waals surface area contributed by atoms with Crippen LogP contribution in [0.1, 0.15) is 31.4 Å². The van der Waals surface area contributed by atoms with Crippen LogP contribution < -0.4 is 5.32 Å². The summed E-state index contributed by atoms with van der Waals surface area (Å²) in [5.74, 6) is 0. The molecule has 0 heterocycles. The van der Waals surface area contributed by atoms with E-state index in [1.165, 1.54) is 0 Å². The van der Waals surface area contributed by atoms with Gasteiger partial charge >= 0.3 is 0 Å². The van der Waals surface area contributed by atoms with Crippen molar-refractivity contribution >= 4 is 0 Å². The van der Waals surface area contributed by atoms with Crippen molar-refractivity contribution in [3.8, 4) is 0 Å². The molecule has 1 rings (SSSR count). The average molecular weight is 223 g/mol. The van der Waals surface area contributed by atoms with E-state index < -0.39 is 0 Å². The molecule has 3 N–H and O–H groups in total. The Morgan fingerprint density at radius 2 is 1.69 bits per heavy atom. The highest BCUT2D eigenvalue weighted by atomic mass is 16.3. The molecule has 0 bridgehead atoms. The van der Waals surface area contributed by atoms with Gasteiger partial charge in [0.1, 0.15) is 0 Å². The molecule has 0 aliphatic carbocycles. The molecule has 0 aliphatic heterocycles. The Labute approximate surface area is 97.1 Å².